The maximum absolute atomic E-state index is 13.8. The molecule has 1 aromatic rings. The fraction of sp³-hybridized carbons (Fsp3) is 0.647. The smallest absolute Gasteiger partial charge is 0.146 e. The molecule has 1 aliphatic heterocycles. The Labute approximate surface area is 128 Å². The molecule has 1 atom stereocenters. The van der Waals surface area contributed by atoms with Gasteiger partial charge in [0.25, 0.3) is 0 Å². The predicted octanol–water partition coefficient (Wildman–Crippen LogP) is 2.58. The Morgan fingerprint density at radius 2 is 1.76 bits per heavy atom. The second-order valence-corrected chi connectivity index (χ2v) is 6.27. The van der Waals surface area contributed by atoms with Crippen LogP contribution in [0.2, 0.25) is 0 Å². The van der Waals surface area contributed by atoms with Gasteiger partial charge in [-0.15, -0.1) is 0 Å². The van der Waals surface area contributed by atoms with Gasteiger partial charge in [-0.3, -0.25) is 4.90 Å². The number of benzene rings is 1. The molecule has 21 heavy (non-hydrogen) atoms. The van der Waals surface area contributed by atoms with Gasteiger partial charge in [0.05, 0.1) is 5.69 Å². The molecular weight excluding hydrogens is 265 g/mol. The number of hydrogen-bond acceptors (Lipinski definition) is 3. The molecule has 1 aromatic carbocycles. The van der Waals surface area contributed by atoms with Gasteiger partial charge in [0.15, 0.2) is 0 Å². The molecule has 1 heterocycles. The van der Waals surface area contributed by atoms with Gasteiger partial charge in [0, 0.05) is 45.3 Å². The van der Waals surface area contributed by atoms with Crippen molar-refractivity contribution in [1.82, 2.24) is 10.2 Å². The molecule has 0 aliphatic carbocycles. The Morgan fingerprint density at radius 3 is 2.38 bits per heavy atom. The van der Waals surface area contributed by atoms with Gasteiger partial charge >= 0.3 is 0 Å². The third kappa shape index (κ3) is 4.68. The molecule has 0 aromatic heterocycles. The van der Waals surface area contributed by atoms with E-state index in [4.69, 9.17) is 0 Å². The highest BCUT2D eigenvalue weighted by atomic mass is 19.1. The predicted molar refractivity (Wildman–Crippen MR) is 87.4 cm³/mol. The largest absolute Gasteiger partial charge is 0.367 e. The van der Waals surface area contributed by atoms with E-state index in [1.807, 2.05) is 12.1 Å². The molecular formula is C17H28FN3. The van der Waals surface area contributed by atoms with Crippen LogP contribution in [0.25, 0.3) is 0 Å². The number of nitrogens with one attached hydrogen (secondary N) is 1. The molecule has 118 valence electrons. The molecule has 1 fully saturated rings. The molecule has 0 bridgehead atoms. The van der Waals surface area contributed by atoms with Crippen molar-refractivity contribution in [3.63, 3.8) is 0 Å². The molecule has 4 heteroatoms. The van der Waals surface area contributed by atoms with Gasteiger partial charge in [-0.25, -0.2) is 4.39 Å². The zero-order valence-corrected chi connectivity index (χ0v) is 13.5. The summed E-state index contributed by atoms with van der Waals surface area (Å²) in [5, 5.41) is 3.57. The van der Waals surface area contributed by atoms with Crippen molar-refractivity contribution in [2.75, 3.05) is 44.2 Å². The van der Waals surface area contributed by atoms with E-state index in [0.717, 1.165) is 45.0 Å². The Hall–Kier alpha value is -1.13. The highest BCUT2D eigenvalue weighted by molar-refractivity contribution is 5.47. The fourth-order valence-electron chi connectivity index (χ4n) is 2.61. The summed E-state index contributed by atoms with van der Waals surface area (Å²) in [6.45, 7) is 12.6. The number of halogens is 1. The minimum atomic E-state index is -0.113. The van der Waals surface area contributed by atoms with Crippen molar-refractivity contribution < 1.29 is 4.39 Å². The minimum Gasteiger partial charge on any atom is -0.367 e. The molecule has 2 rings (SSSR count). The highest BCUT2D eigenvalue weighted by Gasteiger charge is 2.19. The Bertz CT molecular complexity index is 428. The summed E-state index contributed by atoms with van der Waals surface area (Å²) in [5.41, 5.74) is 0.740. The second-order valence-electron chi connectivity index (χ2n) is 6.27. The maximum Gasteiger partial charge on any atom is 0.146 e. The number of anilines is 1. The highest BCUT2D eigenvalue weighted by Crippen LogP contribution is 2.19. The van der Waals surface area contributed by atoms with Crippen molar-refractivity contribution in [1.29, 1.82) is 0 Å². The third-order valence-electron chi connectivity index (χ3n) is 4.46. The average molecular weight is 293 g/mol. The average Bonchev–Trinajstić information content (AvgIpc) is 2.48. The zero-order valence-electron chi connectivity index (χ0n) is 13.5. The molecule has 0 saturated carbocycles. The lowest BCUT2D eigenvalue weighted by Gasteiger charge is -2.36. The zero-order chi connectivity index (χ0) is 15.2. The van der Waals surface area contributed by atoms with Crippen molar-refractivity contribution >= 4 is 5.69 Å². The summed E-state index contributed by atoms with van der Waals surface area (Å²) >= 11 is 0. The first-order valence-electron chi connectivity index (χ1n) is 8.03. The van der Waals surface area contributed by atoms with E-state index < -0.39 is 0 Å². The van der Waals surface area contributed by atoms with E-state index >= 15 is 0 Å². The van der Waals surface area contributed by atoms with Crippen molar-refractivity contribution in [2.45, 2.75) is 26.8 Å². The van der Waals surface area contributed by atoms with Gasteiger partial charge in [-0.05, 0) is 25.0 Å². The standard InChI is InChI=1S/C17H28FN3/c1-14(2)15(3)19-8-9-20-10-12-21(13-11-20)17-7-5-4-6-16(17)18/h4-7,14-15,19H,8-13H2,1-3H3. The summed E-state index contributed by atoms with van der Waals surface area (Å²) in [7, 11) is 0. The van der Waals surface area contributed by atoms with Crippen LogP contribution in [0.3, 0.4) is 0 Å². The summed E-state index contributed by atoms with van der Waals surface area (Å²) in [4.78, 5) is 4.60. The first kappa shape index (κ1) is 16.2. The molecule has 0 radical (unpaired) electrons. The van der Waals surface area contributed by atoms with Crippen LogP contribution >= 0.6 is 0 Å². The van der Waals surface area contributed by atoms with Gasteiger partial charge in [0.2, 0.25) is 0 Å². The van der Waals surface area contributed by atoms with Crippen LogP contribution in [0.1, 0.15) is 20.8 Å². The second kappa shape index (κ2) is 7.76. The normalized spacial score (nSPS) is 18.2. The summed E-state index contributed by atoms with van der Waals surface area (Å²) < 4.78 is 13.8. The van der Waals surface area contributed by atoms with E-state index in [2.05, 4.69) is 35.9 Å². The Morgan fingerprint density at radius 1 is 1.10 bits per heavy atom. The number of piperazine rings is 1. The number of para-hydroxylation sites is 1. The van der Waals surface area contributed by atoms with Crippen LogP contribution in [-0.4, -0.2) is 50.2 Å². The lowest BCUT2D eigenvalue weighted by atomic mass is 10.1. The quantitative estimate of drug-likeness (QED) is 0.870. The molecule has 1 N–H and O–H groups in total. The van der Waals surface area contributed by atoms with Crippen LogP contribution in [0.15, 0.2) is 24.3 Å². The number of nitrogens with zero attached hydrogens (tertiary/aromatic N) is 2. The molecule has 0 amide bonds. The van der Waals surface area contributed by atoms with Crippen LogP contribution < -0.4 is 10.2 Å². The third-order valence-corrected chi connectivity index (χ3v) is 4.46. The lowest BCUT2D eigenvalue weighted by Crippen LogP contribution is -2.49. The van der Waals surface area contributed by atoms with E-state index in [1.54, 1.807) is 12.1 Å². The number of hydrogen-bond donors (Lipinski definition) is 1. The molecule has 1 saturated heterocycles. The van der Waals surface area contributed by atoms with E-state index in [1.165, 1.54) is 0 Å². The monoisotopic (exact) mass is 293 g/mol. The maximum atomic E-state index is 13.8. The SMILES string of the molecule is CC(C)C(C)NCCN1CCN(c2ccccc2F)CC1. The molecule has 0 spiro atoms. The Balaban J connectivity index is 1.73. The van der Waals surface area contributed by atoms with Crippen LogP contribution in [0.5, 0.6) is 0 Å². The summed E-state index contributed by atoms with van der Waals surface area (Å²) in [6.07, 6.45) is 0. The van der Waals surface area contributed by atoms with Crippen LogP contribution in [-0.2, 0) is 0 Å². The van der Waals surface area contributed by atoms with E-state index in [0.29, 0.717) is 12.0 Å². The summed E-state index contributed by atoms with van der Waals surface area (Å²) in [6, 6.07) is 7.62. The Kier molecular flexibility index (Phi) is 6.00. The van der Waals surface area contributed by atoms with Crippen LogP contribution in [0.4, 0.5) is 10.1 Å². The van der Waals surface area contributed by atoms with Gasteiger partial charge < -0.3 is 10.2 Å². The summed E-state index contributed by atoms with van der Waals surface area (Å²) in [5.74, 6) is 0.557. The van der Waals surface area contributed by atoms with Crippen LogP contribution in [0, 0.1) is 11.7 Å². The van der Waals surface area contributed by atoms with Gasteiger partial charge in [0.1, 0.15) is 5.82 Å². The van der Waals surface area contributed by atoms with E-state index in [9.17, 15) is 4.39 Å². The molecule has 1 aliphatic rings. The van der Waals surface area contributed by atoms with Crippen molar-refractivity contribution in [3.8, 4) is 0 Å². The van der Waals surface area contributed by atoms with Gasteiger partial charge in [-0.2, -0.15) is 0 Å². The first-order chi connectivity index (χ1) is 10.1. The molecule has 1 unspecified atom stereocenters. The first-order valence-corrected chi connectivity index (χ1v) is 8.03. The van der Waals surface area contributed by atoms with Crippen molar-refractivity contribution in [3.05, 3.63) is 30.1 Å². The van der Waals surface area contributed by atoms with Gasteiger partial charge in [-0.1, -0.05) is 26.0 Å². The molecule has 3 nitrogen and oxygen atoms in total. The number of rotatable bonds is 6. The topological polar surface area (TPSA) is 18.5 Å². The lowest BCUT2D eigenvalue weighted by molar-refractivity contribution is 0.250. The fourth-order valence-corrected chi connectivity index (χ4v) is 2.61. The van der Waals surface area contributed by atoms with E-state index in [-0.39, 0.29) is 5.82 Å². The van der Waals surface area contributed by atoms with Crippen molar-refractivity contribution in [2.24, 2.45) is 5.92 Å². The minimum absolute atomic E-state index is 0.113.